The lowest BCUT2D eigenvalue weighted by atomic mass is 10.1. The van der Waals surface area contributed by atoms with Crippen LogP contribution in [0.5, 0.6) is 0 Å². The third kappa shape index (κ3) is 4.72. The first-order chi connectivity index (χ1) is 14.0. The fourth-order valence-corrected chi connectivity index (χ4v) is 4.35. The minimum Gasteiger partial charge on any atom is -0.454 e. The van der Waals surface area contributed by atoms with Gasteiger partial charge in [0, 0.05) is 24.7 Å². The molecular weight excluding hydrogens is 392 g/mol. The summed E-state index contributed by atoms with van der Waals surface area (Å²) in [5.41, 5.74) is 1.69. The molecule has 1 aromatic heterocycles. The summed E-state index contributed by atoms with van der Waals surface area (Å²) in [6, 6.07) is 17.0. The number of hydrogen-bond donors (Lipinski definition) is 0. The number of ether oxygens (including phenoxy) is 1. The summed E-state index contributed by atoms with van der Waals surface area (Å²) < 4.78 is 37.1. The molecule has 8 heteroatoms. The quantitative estimate of drug-likeness (QED) is 0.522. The number of carbonyl (C=O) groups is 1. The first-order valence-electron chi connectivity index (χ1n) is 9.24. The van der Waals surface area contributed by atoms with E-state index in [0.717, 1.165) is 5.56 Å². The standard InChI is InChI=1S/C21H22N2O5S/c1-3-23(4-2)29(25,26)19-12-8-11-17(13-19)21(24)27-15-18-14-20(22-28-18)16-9-6-5-7-10-16/h5-14H,3-4,15H2,1-2H3. The lowest BCUT2D eigenvalue weighted by Crippen LogP contribution is -2.30. The van der Waals surface area contributed by atoms with Crippen molar-refractivity contribution in [3.63, 3.8) is 0 Å². The van der Waals surface area contributed by atoms with Crippen molar-refractivity contribution in [2.75, 3.05) is 13.1 Å². The van der Waals surface area contributed by atoms with Crippen molar-refractivity contribution < 1.29 is 22.5 Å². The molecule has 0 amide bonds. The maximum Gasteiger partial charge on any atom is 0.338 e. The fourth-order valence-electron chi connectivity index (χ4n) is 2.84. The third-order valence-electron chi connectivity index (χ3n) is 4.39. The molecule has 3 rings (SSSR count). The number of esters is 1. The van der Waals surface area contributed by atoms with Gasteiger partial charge in [0.05, 0.1) is 10.5 Å². The third-order valence-corrected chi connectivity index (χ3v) is 6.43. The Labute approximate surface area is 169 Å². The molecule has 152 valence electrons. The van der Waals surface area contributed by atoms with Crippen molar-refractivity contribution in [1.82, 2.24) is 9.46 Å². The lowest BCUT2D eigenvalue weighted by Gasteiger charge is -2.18. The summed E-state index contributed by atoms with van der Waals surface area (Å²) in [4.78, 5) is 12.4. The zero-order chi connectivity index (χ0) is 20.9. The lowest BCUT2D eigenvalue weighted by molar-refractivity contribution is 0.0437. The van der Waals surface area contributed by atoms with Crippen LogP contribution in [0.3, 0.4) is 0 Å². The van der Waals surface area contributed by atoms with Crippen molar-refractivity contribution in [2.45, 2.75) is 25.3 Å². The molecule has 0 aliphatic carbocycles. The second-order valence-electron chi connectivity index (χ2n) is 6.24. The molecule has 0 saturated carbocycles. The van der Waals surface area contributed by atoms with Crippen LogP contribution in [0.4, 0.5) is 0 Å². The molecule has 2 aromatic carbocycles. The van der Waals surface area contributed by atoms with Crippen LogP contribution in [0.25, 0.3) is 11.3 Å². The van der Waals surface area contributed by atoms with Crippen LogP contribution in [0.1, 0.15) is 30.0 Å². The van der Waals surface area contributed by atoms with Crippen molar-refractivity contribution in [1.29, 1.82) is 0 Å². The Bertz CT molecular complexity index is 1070. The maximum absolute atomic E-state index is 12.6. The van der Waals surface area contributed by atoms with Gasteiger partial charge in [0.2, 0.25) is 10.0 Å². The Hall–Kier alpha value is -2.97. The molecule has 1 heterocycles. The minimum atomic E-state index is -3.65. The highest BCUT2D eigenvalue weighted by Crippen LogP contribution is 2.20. The van der Waals surface area contributed by atoms with Crippen LogP contribution >= 0.6 is 0 Å². The summed E-state index contributed by atoms with van der Waals surface area (Å²) in [6.07, 6.45) is 0. The Morgan fingerprint density at radius 1 is 1.03 bits per heavy atom. The molecule has 0 atom stereocenters. The predicted octanol–water partition coefficient (Wildman–Crippen LogP) is 3.73. The largest absolute Gasteiger partial charge is 0.454 e. The minimum absolute atomic E-state index is 0.0571. The van der Waals surface area contributed by atoms with Gasteiger partial charge < -0.3 is 9.26 Å². The number of carbonyl (C=O) groups excluding carboxylic acids is 1. The average Bonchev–Trinajstić information content (AvgIpc) is 3.22. The molecule has 0 fully saturated rings. The molecule has 0 bridgehead atoms. The summed E-state index contributed by atoms with van der Waals surface area (Å²) >= 11 is 0. The average molecular weight is 414 g/mol. The SMILES string of the molecule is CCN(CC)S(=O)(=O)c1cccc(C(=O)OCc2cc(-c3ccccc3)no2)c1. The number of rotatable bonds is 8. The number of sulfonamides is 1. The molecule has 0 N–H and O–H groups in total. The predicted molar refractivity (Wildman–Crippen MR) is 108 cm³/mol. The highest BCUT2D eigenvalue weighted by atomic mass is 32.2. The van der Waals surface area contributed by atoms with Gasteiger partial charge in [0.1, 0.15) is 5.69 Å². The van der Waals surface area contributed by atoms with Gasteiger partial charge in [0.15, 0.2) is 12.4 Å². The Kier molecular flexibility index (Phi) is 6.46. The molecule has 0 aliphatic rings. The highest BCUT2D eigenvalue weighted by Gasteiger charge is 2.23. The summed E-state index contributed by atoms with van der Waals surface area (Å²) in [7, 11) is -3.65. The van der Waals surface area contributed by atoms with E-state index in [4.69, 9.17) is 9.26 Å². The van der Waals surface area contributed by atoms with Crippen molar-refractivity contribution >= 4 is 16.0 Å². The number of benzene rings is 2. The number of aromatic nitrogens is 1. The van der Waals surface area contributed by atoms with Gasteiger partial charge in [-0.3, -0.25) is 0 Å². The van der Waals surface area contributed by atoms with E-state index in [9.17, 15) is 13.2 Å². The summed E-state index contributed by atoms with van der Waals surface area (Å²) in [5, 5.41) is 3.97. The van der Waals surface area contributed by atoms with Gasteiger partial charge in [-0.25, -0.2) is 13.2 Å². The van der Waals surface area contributed by atoms with Gasteiger partial charge in [0.25, 0.3) is 0 Å². The van der Waals surface area contributed by atoms with Crippen molar-refractivity contribution in [3.05, 3.63) is 72.0 Å². The van der Waals surface area contributed by atoms with Crippen LogP contribution in [0, 0.1) is 0 Å². The van der Waals surface area contributed by atoms with E-state index in [0.29, 0.717) is 24.5 Å². The van der Waals surface area contributed by atoms with Crippen LogP contribution in [-0.4, -0.2) is 36.9 Å². The number of nitrogens with zero attached hydrogens (tertiary/aromatic N) is 2. The molecule has 0 aliphatic heterocycles. The second kappa shape index (κ2) is 9.02. The molecule has 3 aromatic rings. The summed E-state index contributed by atoms with van der Waals surface area (Å²) in [6.45, 7) is 4.12. The Balaban J connectivity index is 1.70. The van der Waals surface area contributed by atoms with E-state index in [1.807, 2.05) is 30.3 Å². The Morgan fingerprint density at radius 3 is 2.45 bits per heavy atom. The maximum atomic E-state index is 12.6. The first kappa shape index (κ1) is 20.8. The highest BCUT2D eigenvalue weighted by molar-refractivity contribution is 7.89. The van der Waals surface area contributed by atoms with E-state index >= 15 is 0 Å². The van der Waals surface area contributed by atoms with Gasteiger partial charge in [-0.05, 0) is 18.2 Å². The van der Waals surface area contributed by atoms with E-state index in [1.165, 1.54) is 28.6 Å². The van der Waals surface area contributed by atoms with Gasteiger partial charge >= 0.3 is 5.97 Å². The first-order valence-corrected chi connectivity index (χ1v) is 10.7. The summed E-state index contributed by atoms with van der Waals surface area (Å²) in [5.74, 6) is -0.247. The fraction of sp³-hybridized carbons (Fsp3) is 0.238. The van der Waals surface area contributed by atoms with Crippen LogP contribution in [0.2, 0.25) is 0 Å². The van der Waals surface area contributed by atoms with E-state index in [2.05, 4.69) is 5.16 Å². The van der Waals surface area contributed by atoms with Crippen LogP contribution in [-0.2, 0) is 21.4 Å². The molecule has 0 unspecified atom stereocenters. The molecule has 0 saturated heterocycles. The monoisotopic (exact) mass is 414 g/mol. The van der Waals surface area contributed by atoms with Crippen molar-refractivity contribution in [2.24, 2.45) is 0 Å². The van der Waals surface area contributed by atoms with E-state index < -0.39 is 16.0 Å². The molecule has 29 heavy (non-hydrogen) atoms. The van der Waals surface area contributed by atoms with Crippen molar-refractivity contribution in [3.8, 4) is 11.3 Å². The Morgan fingerprint density at radius 2 is 1.76 bits per heavy atom. The topological polar surface area (TPSA) is 89.7 Å². The van der Waals surface area contributed by atoms with Crippen LogP contribution < -0.4 is 0 Å². The molecular formula is C21H22N2O5S. The number of hydrogen-bond acceptors (Lipinski definition) is 6. The zero-order valence-corrected chi connectivity index (χ0v) is 17.1. The van der Waals surface area contributed by atoms with Crippen LogP contribution in [0.15, 0.2) is 70.1 Å². The van der Waals surface area contributed by atoms with Gasteiger partial charge in [-0.1, -0.05) is 55.4 Å². The van der Waals surface area contributed by atoms with E-state index in [-0.39, 0.29) is 17.1 Å². The molecule has 0 spiro atoms. The normalized spacial score (nSPS) is 11.6. The zero-order valence-electron chi connectivity index (χ0n) is 16.2. The van der Waals surface area contributed by atoms with E-state index in [1.54, 1.807) is 19.9 Å². The molecule has 7 nitrogen and oxygen atoms in total. The smallest absolute Gasteiger partial charge is 0.338 e. The van der Waals surface area contributed by atoms with Gasteiger partial charge in [-0.2, -0.15) is 4.31 Å². The molecule has 0 radical (unpaired) electrons. The van der Waals surface area contributed by atoms with Gasteiger partial charge in [-0.15, -0.1) is 0 Å². The second-order valence-corrected chi connectivity index (χ2v) is 8.18.